The van der Waals surface area contributed by atoms with E-state index in [0.29, 0.717) is 12.3 Å². The van der Waals surface area contributed by atoms with Crippen molar-refractivity contribution in [3.63, 3.8) is 0 Å². The highest BCUT2D eigenvalue weighted by Crippen LogP contribution is 2.29. The van der Waals surface area contributed by atoms with E-state index < -0.39 is 0 Å². The maximum atomic E-state index is 11.4. The molecule has 2 aliphatic heterocycles. The summed E-state index contributed by atoms with van der Waals surface area (Å²) in [5.74, 6) is 0.849. The number of amides is 1. The van der Waals surface area contributed by atoms with Gasteiger partial charge in [-0.25, -0.2) is 0 Å². The normalized spacial score (nSPS) is 23.3. The molecule has 1 fully saturated rings. The lowest BCUT2D eigenvalue weighted by Gasteiger charge is -2.23. The molecule has 2 aliphatic rings. The van der Waals surface area contributed by atoms with E-state index in [1.807, 2.05) is 0 Å². The van der Waals surface area contributed by atoms with Gasteiger partial charge in [0.1, 0.15) is 0 Å². The number of piperidine rings is 1. The van der Waals surface area contributed by atoms with E-state index in [2.05, 4.69) is 28.8 Å². The molecule has 0 radical (unpaired) electrons. The van der Waals surface area contributed by atoms with Crippen LogP contribution in [-0.2, 0) is 17.6 Å². The predicted octanol–water partition coefficient (Wildman–Crippen LogP) is 1.72. The van der Waals surface area contributed by atoms with Crippen LogP contribution in [-0.4, -0.2) is 19.0 Å². The van der Waals surface area contributed by atoms with E-state index in [9.17, 15) is 4.79 Å². The minimum Gasteiger partial charge on any atom is -0.325 e. The number of anilines is 1. The van der Waals surface area contributed by atoms with Crippen molar-refractivity contribution in [2.75, 3.05) is 18.4 Å². The van der Waals surface area contributed by atoms with Crippen LogP contribution in [0.2, 0.25) is 0 Å². The Labute approximate surface area is 102 Å². The lowest BCUT2D eigenvalue weighted by Crippen LogP contribution is -2.31. The van der Waals surface area contributed by atoms with Crippen molar-refractivity contribution in [3.05, 3.63) is 29.3 Å². The van der Waals surface area contributed by atoms with Crippen molar-refractivity contribution in [2.24, 2.45) is 5.92 Å². The van der Waals surface area contributed by atoms with E-state index in [1.165, 1.54) is 18.4 Å². The summed E-state index contributed by atoms with van der Waals surface area (Å²) in [6, 6.07) is 6.28. The first kappa shape index (κ1) is 10.8. The fourth-order valence-corrected chi connectivity index (χ4v) is 2.90. The SMILES string of the molecule is O=C1Cc2cccc(CC3CCCNC3)c2N1. The number of carbonyl (C=O) groups excluding carboxylic acids is 1. The molecule has 2 heterocycles. The van der Waals surface area contributed by atoms with Gasteiger partial charge in [0.25, 0.3) is 0 Å². The maximum absolute atomic E-state index is 11.4. The number of rotatable bonds is 2. The van der Waals surface area contributed by atoms with E-state index in [0.717, 1.165) is 30.8 Å². The van der Waals surface area contributed by atoms with Crippen LogP contribution >= 0.6 is 0 Å². The van der Waals surface area contributed by atoms with Crippen molar-refractivity contribution in [2.45, 2.75) is 25.7 Å². The van der Waals surface area contributed by atoms with Crippen LogP contribution in [0, 0.1) is 5.92 Å². The molecule has 3 nitrogen and oxygen atoms in total. The third-order valence-electron chi connectivity index (χ3n) is 3.76. The molecule has 3 heteroatoms. The first-order valence-corrected chi connectivity index (χ1v) is 6.44. The average Bonchev–Trinajstić information content (AvgIpc) is 2.72. The second-order valence-electron chi connectivity index (χ2n) is 5.09. The number of nitrogens with one attached hydrogen (secondary N) is 2. The van der Waals surface area contributed by atoms with Crippen LogP contribution in [0.15, 0.2) is 18.2 Å². The Kier molecular flexibility index (Phi) is 2.85. The number of fused-ring (bicyclic) bond motifs is 1. The summed E-state index contributed by atoms with van der Waals surface area (Å²) in [6.45, 7) is 2.26. The highest BCUT2D eigenvalue weighted by molar-refractivity contribution is 6.00. The highest BCUT2D eigenvalue weighted by Gasteiger charge is 2.22. The molecule has 1 unspecified atom stereocenters. The zero-order valence-electron chi connectivity index (χ0n) is 9.96. The zero-order chi connectivity index (χ0) is 11.7. The summed E-state index contributed by atoms with van der Waals surface area (Å²) in [5, 5.41) is 6.44. The lowest BCUT2D eigenvalue weighted by molar-refractivity contribution is -0.115. The van der Waals surface area contributed by atoms with Crippen molar-refractivity contribution in [3.8, 4) is 0 Å². The van der Waals surface area contributed by atoms with Crippen LogP contribution in [0.25, 0.3) is 0 Å². The molecule has 0 bridgehead atoms. The second-order valence-corrected chi connectivity index (χ2v) is 5.09. The van der Waals surface area contributed by atoms with Gasteiger partial charge in [-0.1, -0.05) is 18.2 Å². The fourth-order valence-electron chi connectivity index (χ4n) is 2.90. The quantitative estimate of drug-likeness (QED) is 0.812. The summed E-state index contributed by atoms with van der Waals surface area (Å²) in [6.07, 6.45) is 4.19. The van der Waals surface area contributed by atoms with Crippen molar-refractivity contribution < 1.29 is 4.79 Å². The predicted molar refractivity (Wildman–Crippen MR) is 68.1 cm³/mol. The molecule has 90 valence electrons. The van der Waals surface area contributed by atoms with Gasteiger partial charge in [-0.15, -0.1) is 0 Å². The third kappa shape index (κ3) is 2.20. The molecule has 2 N–H and O–H groups in total. The fraction of sp³-hybridized carbons (Fsp3) is 0.500. The monoisotopic (exact) mass is 230 g/mol. The summed E-state index contributed by atoms with van der Waals surface area (Å²) in [5.41, 5.74) is 3.56. The molecule has 17 heavy (non-hydrogen) atoms. The lowest BCUT2D eigenvalue weighted by atomic mass is 9.91. The van der Waals surface area contributed by atoms with Gasteiger partial charge in [-0.3, -0.25) is 4.79 Å². The standard InChI is InChI=1S/C14H18N2O/c17-13-8-12-5-1-4-11(14(12)16-13)7-10-3-2-6-15-9-10/h1,4-5,10,15H,2-3,6-9H2,(H,16,17). The molecule has 0 aliphatic carbocycles. The molecule has 3 rings (SSSR count). The van der Waals surface area contributed by atoms with Crippen LogP contribution in [0.4, 0.5) is 5.69 Å². The van der Waals surface area contributed by atoms with Gasteiger partial charge in [-0.2, -0.15) is 0 Å². The second kappa shape index (κ2) is 4.49. The van der Waals surface area contributed by atoms with Gasteiger partial charge in [0.05, 0.1) is 6.42 Å². The largest absolute Gasteiger partial charge is 0.325 e. The van der Waals surface area contributed by atoms with E-state index in [1.54, 1.807) is 0 Å². The summed E-state index contributed by atoms with van der Waals surface area (Å²) in [4.78, 5) is 11.4. The topological polar surface area (TPSA) is 41.1 Å². The van der Waals surface area contributed by atoms with Crippen molar-refractivity contribution in [1.29, 1.82) is 0 Å². The Balaban J connectivity index is 1.79. The van der Waals surface area contributed by atoms with Crippen LogP contribution in [0.3, 0.4) is 0 Å². The smallest absolute Gasteiger partial charge is 0.228 e. The number of hydrogen-bond donors (Lipinski definition) is 2. The van der Waals surface area contributed by atoms with E-state index >= 15 is 0 Å². The van der Waals surface area contributed by atoms with Gasteiger partial charge >= 0.3 is 0 Å². The molecular weight excluding hydrogens is 212 g/mol. The Morgan fingerprint density at radius 2 is 2.29 bits per heavy atom. The van der Waals surface area contributed by atoms with Gasteiger partial charge < -0.3 is 10.6 Å². The minimum atomic E-state index is 0.134. The molecule has 0 saturated carbocycles. The van der Waals surface area contributed by atoms with E-state index in [4.69, 9.17) is 0 Å². The maximum Gasteiger partial charge on any atom is 0.228 e. The third-order valence-corrected chi connectivity index (χ3v) is 3.76. The molecule has 1 amide bonds. The molecule has 0 spiro atoms. The minimum absolute atomic E-state index is 0.134. The Morgan fingerprint density at radius 1 is 1.35 bits per heavy atom. The van der Waals surface area contributed by atoms with Crippen LogP contribution in [0.5, 0.6) is 0 Å². The molecule has 1 saturated heterocycles. The number of hydrogen-bond acceptors (Lipinski definition) is 2. The Morgan fingerprint density at radius 3 is 3.12 bits per heavy atom. The summed E-state index contributed by atoms with van der Waals surface area (Å²) in [7, 11) is 0. The van der Waals surface area contributed by atoms with Gasteiger partial charge in [0, 0.05) is 5.69 Å². The molecule has 1 aromatic rings. The van der Waals surface area contributed by atoms with Crippen LogP contribution in [0.1, 0.15) is 24.0 Å². The van der Waals surface area contributed by atoms with Gasteiger partial charge in [-0.05, 0) is 49.4 Å². The van der Waals surface area contributed by atoms with E-state index in [-0.39, 0.29) is 5.91 Å². The Hall–Kier alpha value is -1.35. The van der Waals surface area contributed by atoms with Gasteiger partial charge in [0.2, 0.25) is 5.91 Å². The first-order chi connectivity index (χ1) is 8.33. The summed E-state index contributed by atoms with van der Waals surface area (Å²) < 4.78 is 0. The number of para-hydroxylation sites is 1. The number of benzene rings is 1. The van der Waals surface area contributed by atoms with Crippen molar-refractivity contribution in [1.82, 2.24) is 5.32 Å². The molecule has 1 aromatic carbocycles. The molecule has 1 atom stereocenters. The first-order valence-electron chi connectivity index (χ1n) is 6.44. The summed E-state index contributed by atoms with van der Waals surface area (Å²) >= 11 is 0. The molecule has 0 aromatic heterocycles. The number of carbonyl (C=O) groups is 1. The highest BCUT2D eigenvalue weighted by atomic mass is 16.1. The van der Waals surface area contributed by atoms with Crippen molar-refractivity contribution >= 4 is 11.6 Å². The van der Waals surface area contributed by atoms with Crippen LogP contribution < -0.4 is 10.6 Å². The Bertz CT molecular complexity index is 436. The van der Waals surface area contributed by atoms with Gasteiger partial charge in [0.15, 0.2) is 0 Å². The molecular formula is C14H18N2O. The zero-order valence-corrected chi connectivity index (χ0v) is 9.96. The average molecular weight is 230 g/mol.